The molecule has 15 heteroatoms. The van der Waals surface area contributed by atoms with Crippen LogP contribution >= 0.6 is 11.6 Å². The summed E-state index contributed by atoms with van der Waals surface area (Å²) in [5.74, 6) is -0.455. The first-order valence-electron chi connectivity index (χ1n) is 10.8. The first-order valence-corrected chi connectivity index (χ1v) is 11.2. The Morgan fingerprint density at radius 1 is 1.00 bits per heavy atom. The maximum atomic E-state index is 13.5. The molecule has 0 fully saturated rings. The summed E-state index contributed by atoms with van der Waals surface area (Å²) in [5, 5.41) is 8.66. The zero-order chi connectivity index (χ0) is 27.0. The molecule has 0 bridgehead atoms. The summed E-state index contributed by atoms with van der Waals surface area (Å²) >= 11 is 5.89. The number of alkyl halides is 6. The van der Waals surface area contributed by atoms with E-state index < -0.39 is 48.9 Å². The molecule has 0 atom stereocenters. The summed E-state index contributed by atoms with van der Waals surface area (Å²) in [6, 6.07) is 7.99. The van der Waals surface area contributed by atoms with Crippen molar-refractivity contribution < 1.29 is 26.3 Å². The van der Waals surface area contributed by atoms with Gasteiger partial charge in [0, 0.05) is 29.7 Å². The van der Waals surface area contributed by atoms with Crippen molar-refractivity contribution in [1.29, 1.82) is 0 Å². The lowest BCUT2D eigenvalue weighted by Crippen LogP contribution is -2.27. The molecule has 0 saturated carbocycles. The van der Waals surface area contributed by atoms with Gasteiger partial charge in [-0.1, -0.05) is 18.5 Å². The molecule has 0 amide bonds. The number of rotatable bonds is 7. The molecule has 3 aromatic heterocycles. The van der Waals surface area contributed by atoms with Gasteiger partial charge in [0.15, 0.2) is 17.5 Å². The Kier molecular flexibility index (Phi) is 7.13. The maximum absolute atomic E-state index is 13.5. The zero-order valence-electron chi connectivity index (χ0n) is 19.1. The average Bonchev–Trinajstić information content (AvgIpc) is 3.38. The van der Waals surface area contributed by atoms with Crippen LogP contribution < -0.4 is 5.69 Å². The fourth-order valence-corrected chi connectivity index (χ4v) is 3.70. The SMILES string of the molecule is CCc1nc(Cn2nc(-c3ccc(Cl)cc3)n(CCC(F)(F)F)c2=O)nn1-c1ncccc1C(F)(F)F. The van der Waals surface area contributed by atoms with Gasteiger partial charge in [-0.15, -0.1) is 10.2 Å². The number of pyridine rings is 1. The van der Waals surface area contributed by atoms with Crippen LogP contribution in [0.5, 0.6) is 0 Å². The van der Waals surface area contributed by atoms with Crippen LogP contribution in [0.25, 0.3) is 17.2 Å². The van der Waals surface area contributed by atoms with Crippen molar-refractivity contribution in [3.63, 3.8) is 0 Å². The van der Waals surface area contributed by atoms with Crippen LogP contribution in [-0.4, -0.2) is 40.3 Å². The Labute approximate surface area is 210 Å². The highest BCUT2D eigenvalue weighted by atomic mass is 35.5. The molecule has 4 rings (SSSR count). The van der Waals surface area contributed by atoms with E-state index in [4.69, 9.17) is 11.6 Å². The topological polar surface area (TPSA) is 83.4 Å². The Bertz CT molecular complexity index is 1450. The second-order valence-corrected chi connectivity index (χ2v) is 8.31. The van der Waals surface area contributed by atoms with E-state index in [2.05, 4.69) is 20.2 Å². The van der Waals surface area contributed by atoms with Crippen LogP contribution in [0.3, 0.4) is 0 Å². The van der Waals surface area contributed by atoms with Gasteiger partial charge >= 0.3 is 18.0 Å². The third kappa shape index (κ3) is 5.84. The van der Waals surface area contributed by atoms with Gasteiger partial charge in [0.1, 0.15) is 17.9 Å². The Morgan fingerprint density at radius 2 is 1.70 bits per heavy atom. The molecule has 37 heavy (non-hydrogen) atoms. The lowest BCUT2D eigenvalue weighted by Gasteiger charge is -2.12. The van der Waals surface area contributed by atoms with Gasteiger partial charge in [-0.25, -0.2) is 19.4 Å². The molecule has 0 unspecified atom stereocenters. The fourth-order valence-electron chi connectivity index (χ4n) is 3.57. The van der Waals surface area contributed by atoms with Crippen LogP contribution in [0.15, 0.2) is 47.4 Å². The van der Waals surface area contributed by atoms with Crippen molar-refractivity contribution in [1.82, 2.24) is 34.1 Å². The van der Waals surface area contributed by atoms with Crippen LogP contribution in [-0.2, 0) is 25.7 Å². The van der Waals surface area contributed by atoms with Gasteiger partial charge < -0.3 is 0 Å². The third-order valence-electron chi connectivity index (χ3n) is 5.26. The summed E-state index contributed by atoms with van der Waals surface area (Å²) in [6.07, 6.45) is -9.13. The summed E-state index contributed by atoms with van der Waals surface area (Å²) in [7, 11) is 0. The summed E-state index contributed by atoms with van der Waals surface area (Å²) in [6.45, 7) is 0.565. The molecule has 0 N–H and O–H groups in total. The van der Waals surface area contributed by atoms with Gasteiger partial charge in [-0.3, -0.25) is 4.57 Å². The lowest BCUT2D eigenvalue weighted by molar-refractivity contribution is -0.138. The number of nitrogens with zero attached hydrogens (tertiary/aromatic N) is 7. The second kappa shape index (κ2) is 10.00. The predicted molar refractivity (Wildman–Crippen MR) is 120 cm³/mol. The molecular weight excluding hydrogens is 528 g/mol. The fraction of sp³-hybridized carbons (Fsp3) is 0.318. The highest BCUT2D eigenvalue weighted by Gasteiger charge is 2.35. The number of benzene rings is 1. The lowest BCUT2D eigenvalue weighted by atomic mass is 10.2. The van der Waals surface area contributed by atoms with E-state index in [1.54, 1.807) is 6.92 Å². The third-order valence-corrected chi connectivity index (χ3v) is 5.51. The molecule has 1 aromatic carbocycles. The maximum Gasteiger partial charge on any atom is 0.420 e. The van der Waals surface area contributed by atoms with E-state index in [9.17, 15) is 31.1 Å². The molecule has 0 aliphatic rings. The van der Waals surface area contributed by atoms with Gasteiger partial charge in [-0.2, -0.15) is 31.0 Å². The van der Waals surface area contributed by atoms with E-state index in [1.807, 2.05) is 0 Å². The smallest absolute Gasteiger partial charge is 0.275 e. The molecule has 0 aliphatic heterocycles. The van der Waals surface area contributed by atoms with Gasteiger partial charge in [0.05, 0.1) is 6.42 Å². The monoisotopic (exact) mass is 545 g/mol. The van der Waals surface area contributed by atoms with Crippen molar-refractivity contribution in [2.24, 2.45) is 0 Å². The number of aryl methyl sites for hydroxylation is 1. The highest BCUT2D eigenvalue weighted by Crippen LogP contribution is 2.33. The van der Waals surface area contributed by atoms with Crippen molar-refractivity contribution >= 4 is 11.6 Å². The van der Waals surface area contributed by atoms with Gasteiger partial charge in [-0.05, 0) is 36.4 Å². The van der Waals surface area contributed by atoms with E-state index in [-0.39, 0.29) is 23.9 Å². The minimum Gasteiger partial charge on any atom is -0.275 e. The quantitative estimate of drug-likeness (QED) is 0.308. The molecule has 0 radical (unpaired) electrons. The molecule has 8 nitrogen and oxygen atoms in total. The largest absolute Gasteiger partial charge is 0.420 e. The van der Waals surface area contributed by atoms with Crippen LogP contribution in [0, 0.1) is 0 Å². The predicted octanol–water partition coefficient (Wildman–Crippen LogP) is 4.92. The van der Waals surface area contributed by atoms with Crippen molar-refractivity contribution in [3.8, 4) is 17.2 Å². The van der Waals surface area contributed by atoms with Crippen LogP contribution in [0.1, 0.15) is 30.6 Å². The molecular formula is C22H18ClF6N7O. The summed E-state index contributed by atoms with van der Waals surface area (Å²) < 4.78 is 81.9. The number of halogens is 7. The molecule has 4 aromatic rings. The molecule has 0 spiro atoms. The Balaban J connectivity index is 1.75. The van der Waals surface area contributed by atoms with Gasteiger partial charge in [0.2, 0.25) is 0 Å². The van der Waals surface area contributed by atoms with E-state index >= 15 is 0 Å². The first-order chi connectivity index (χ1) is 17.4. The van der Waals surface area contributed by atoms with Crippen LogP contribution in [0.4, 0.5) is 26.3 Å². The number of aromatic nitrogens is 7. The first kappa shape index (κ1) is 26.4. The van der Waals surface area contributed by atoms with E-state index in [0.717, 1.165) is 26.1 Å². The zero-order valence-corrected chi connectivity index (χ0v) is 19.8. The highest BCUT2D eigenvalue weighted by molar-refractivity contribution is 6.30. The summed E-state index contributed by atoms with van der Waals surface area (Å²) in [5.41, 5.74) is -1.55. The van der Waals surface area contributed by atoms with E-state index in [0.29, 0.717) is 10.6 Å². The minimum atomic E-state index is -4.71. The van der Waals surface area contributed by atoms with E-state index in [1.165, 1.54) is 30.5 Å². The normalized spacial score (nSPS) is 12.3. The standard InChI is InChI=1S/C22H18ClF6N7O/c1-2-17-31-16(32-36(17)19-15(22(27,28)29)4-3-10-30-19)12-35-20(37)34(11-9-21(24,25)26)18(33-35)13-5-7-14(23)8-6-13/h3-8,10H,2,9,11-12H2,1H3. The average molecular weight is 546 g/mol. The summed E-state index contributed by atoms with van der Waals surface area (Å²) in [4.78, 5) is 21.0. The Morgan fingerprint density at radius 3 is 2.32 bits per heavy atom. The van der Waals surface area contributed by atoms with Crippen molar-refractivity contribution in [3.05, 3.63) is 75.3 Å². The van der Waals surface area contributed by atoms with Gasteiger partial charge in [0.25, 0.3) is 0 Å². The minimum absolute atomic E-state index is 0.0369. The molecule has 0 aliphatic carbocycles. The second-order valence-electron chi connectivity index (χ2n) is 7.87. The van der Waals surface area contributed by atoms with Crippen molar-refractivity contribution in [2.45, 2.75) is 45.2 Å². The molecule has 0 saturated heterocycles. The Hall–Kier alpha value is -3.68. The van der Waals surface area contributed by atoms with Crippen LogP contribution in [0.2, 0.25) is 5.02 Å². The van der Waals surface area contributed by atoms with Crippen molar-refractivity contribution in [2.75, 3.05) is 0 Å². The molecule has 3 heterocycles. The number of hydrogen-bond acceptors (Lipinski definition) is 5. The number of hydrogen-bond donors (Lipinski definition) is 0. The molecule has 196 valence electrons.